The molecular formula is C8H14O. The van der Waals surface area contributed by atoms with Crippen LogP contribution in [-0.2, 0) is 4.74 Å². The summed E-state index contributed by atoms with van der Waals surface area (Å²) in [5.41, 5.74) is 0. The lowest BCUT2D eigenvalue weighted by atomic mass is 10.1. The average Bonchev–Trinajstić information content (AvgIpc) is 2.00. The van der Waals surface area contributed by atoms with Gasteiger partial charge in [-0.25, -0.2) is 0 Å². The predicted octanol–water partition coefficient (Wildman–Crippen LogP) is 2.48. The first-order chi connectivity index (χ1) is 4.50. The van der Waals surface area contributed by atoms with Crippen molar-refractivity contribution < 1.29 is 4.74 Å². The fourth-order valence-electron chi connectivity index (χ4n) is 1.01. The van der Waals surface area contributed by atoms with E-state index in [1.165, 1.54) is 32.1 Å². The molecule has 0 saturated heterocycles. The van der Waals surface area contributed by atoms with Gasteiger partial charge in [0.15, 0.2) is 0 Å². The van der Waals surface area contributed by atoms with Crippen LogP contribution in [0.3, 0.4) is 0 Å². The number of ether oxygens (including phenoxy) is 1. The second kappa shape index (κ2) is 4.42. The van der Waals surface area contributed by atoms with E-state index in [0.717, 1.165) is 6.61 Å². The molecule has 1 heterocycles. The molecule has 0 aromatic carbocycles. The standard InChI is InChI=1S/C8H14O/c1-2-4-6-8-9-7-5-3-1/h5,7H,1-4,6,8H2. The van der Waals surface area contributed by atoms with Crippen molar-refractivity contribution in [1.29, 1.82) is 0 Å². The second-order valence-electron chi connectivity index (χ2n) is 2.45. The van der Waals surface area contributed by atoms with Gasteiger partial charge in [-0.05, 0) is 25.3 Å². The normalized spacial score (nSPS) is 21.3. The molecule has 0 radical (unpaired) electrons. The summed E-state index contributed by atoms with van der Waals surface area (Å²) in [4.78, 5) is 0. The highest BCUT2D eigenvalue weighted by molar-refractivity contribution is 4.74. The van der Waals surface area contributed by atoms with E-state index in [1.54, 1.807) is 0 Å². The average molecular weight is 126 g/mol. The van der Waals surface area contributed by atoms with Crippen molar-refractivity contribution >= 4 is 0 Å². The van der Waals surface area contributed by atoms with Crippen molar-refractivity contribution in [3.05, 3.63) is 12.3 Å². The van der Waals surface area contributed by atoms with Crippen LogP contribution in [0.15, 0.2) is 12.3 Å². The zero-order valence-electron chi connectivity index (χ0n) is 5.81. The third-order valence-electron chi connectivity index (χ3n) is 1.58. The van der Waals surface area contributed by atoms with Crippen molar-refractivity contribution in [3.63, 3.8) is 0 Å². The highest BCUT2D eigenvalue weighted by Crippen LogP contribution is 2.06. The number of rotatable bonds is 0. The third kappa shape index (κ3) is 3.17. The maximum Gasteiger partial charge on any atom is 0.0873 e. The van der Waals surface area contributed by atoms with E-state index in [4.69, 9.17) is 4.74 Å². The maximum absolute atomic E-state index is 5.17. The first-order valence-electron chi connectivity index (χ1n) is 3.77. The summed E-state index contributed by atoms with van der Waals surface area (Å²) in [6, 6.07) is 0. The lowest BCUT2D eigenvalue weighted by Crippen LogP contribution is -1.85. The van der Waals surface area contributed by atoms with E-state index in [-0.39, 0.29) is 0 Å². The minimum atomic E-state index is 0.913. The molecule has 1 rings (SSSR count). The van der Waals surface area contributed by atoms with Gasteiger partial charge in [0, 0.05) is 0 Å². The SMILES string of the molecule is C1=COCCCCCC1. The molecule has 0 N–H and O–H groups in total. The molecule has 1 aliphatic heterocycles. The monoisotopic (exact) mass is 126 g/mol. The van der Waals surface area contributed by atoms with Crippen molar-refractivity contribution in [2.45, 2.75) is 32.1 Å². The highest BCUT2D eigenvalue weighted by Gasteiger charge is 1.90. The van der Waals surface area contributed by atoms with Gasteiger partial charge in [0.25, 0.3) is 0 Å². The molecule has 1 heteroatoms. The third-order valence-corrected chi connectivity index (χ3v) is 1.58. The van der Waals surface area contributed by atoms with Crippen LogP contribution < -0.4 is 0 Å². The summed E-state index contributed by atoms with van der Waals surface area (Å²) in [5.74, 6) is 0. The summed E-state index contributed by atoms with van der Waals surface area (Å²) in [6.07, 6.45) is 10.4. The fraction of sp³-hybridized carbons (Fsp3) is 0.750. The predicted molar refractivity (Wildman–Crippen MR) is 38.2 cm³/mol. The molecule has 52 valence electrons. The van der Waals surface area contributed by atoms with Crippen LogP contribution in [-0.4, -0.2) is 6.61 Å². The molecule has 0 amide bonds. The Morgan fingerprint density at radius 1 is 1.00 bits per heavy atom. The van der Waals surface area contributed by atoms with Crippen LogP contribution in [0.2, 0.25) is 0 Å². The highest BCUT2D eigenvalue weighted by atomic mass is 16.5. The Labute approximate surface area is 56.7 Å². The van der Waals surface area contributed by atoms with Crippen molar-refractivity contribution in [2.75, 3.05) is 6.61 Å². The number of allylic oxidation sites excluding steroid dienone is 1. The molecule has 0 aromatic heterocycles. The molecule has 0 saturated carbocycles. The summed E-state index contributed by atoms with van der Waals surface area (Å²) < 4.78 is 5.17. The maximum atomic E-state index is 5.17. The van der Waals surface area contributed by atoms with Crippen LogP contribution in [0.5, 0.6) is 0 Å². The number of hydrogen-bond donors (Lipinski definition) is 0. The van der Waals surface area contributed by atoms with Crippen LogP contribution in [0.1, 0.15) is 32.1 Å². The molecule has 0 bridgehead atoms. The topological polar surface area (TPSA) is 9.23 Å². The van der Waals surface area contributed by atoms with E-state index in [0.29, 0.717) is 0 Å². The van der Waals surface area contributed by atoms with Crippen molar-refractivity contribution in [3.8, 4) is 0 Å². The number of hydrogen-bond acceptors (Lipinski definition) is 1. The first kappa shape index (κ1) is 6.66. The molecule has 1 nitrogen and oxygen atoms in total. The largest absolute Gasteiger partial charge is 0.502 e. The zero-order valence-corrected chi connectivity index (χ0v) is 5.81. The van der Waals surface area contributed by atoms with Crippen LogP contribution in [0.4, 0.5) is 0 Å². The van der Waals surface area contributed by atoms with E-state index in [1.807, 2.05) is 6.26 Å². The van der Waals surface area contributed by atoms with Crippen molar-refractivity contribution in [1.82, 2.24) is 0 Å². The minimum absolute atomic E-state index is 0.913. The van der Waals surface area contributed by atoms with Gasteiger partial charge >= 0.3 is 0 Å². The van der Waals surface area contributed by atoms with Gasteiger partial charge in [0.1, 0.15) is 0 Å². The molecule has 0 aromatic rings. The summed E-state index contributed by atoms with van der Waals surface area (Å²) in [7, 11) is 0. The summed E-state index contributed by atoms with van der Waals surface area (Å²) in [6.45, 7) is 0.913. The van der Waals surface area contributed by atoms with Gasteiger partial charge in [0.2, 0.25) is 0 Å². The van der Waals surface area contributed by atoms with Gasteiger partial charge in [-0.15, -0.1) is 0 Å². The molecular weight excluding hydrogens is 112 g/mol. The Balaban J connectivity index is 2.15. The fourth-order valence-corrected chi connectivity index (χ4v) is 1.01. The van der Waals surface area contributed by atoms with Crippen LogP contribution in [0, 0.1) is 0 Å². The van der Waals surface area contributed by atoms with E-state index >= 15 is 0 Å². The second-order valence-corrected chi connectivity index (χ2v) is 2.45. The van der Waals surface area contributed by atoms with E-state index in [2.05, 4.69) is 6.08 Å². The molecule has 0 aliphatic carbocycles. The Morgan fingerprint density at radius 2 is 1.89 bits per heavy atom. The summed E-state index contributed by atoms with van der Waals surface area (Å²) in [5, 5.41) is 0. The van der Waals surface area contributed by atoms with E-state index < -0.39 is 0 Å². The zero-order chi connectivity index (χ0) is 6.36. The van der Waals surface area contributed by atoms with Gasteiger partial charge in [-0.1, -0.05) is 12.8 Å². The first-order valence-corrected chi connectivity index (χ1v) is 3.77. The smallest absolute Gasteiger partial charge is 0.0873 e. The van der Waals surface area contributed by atoms with Gasteiger partial charge in [0.05, 0.1) is 12.9 Å². The Morgan fingerprint density at radius 3 is 2.89 bits per heavy atom. The Kier molecular flexibility index (Phi) is 3.27. The molecule has 0 fully saturated rings. The quantitative estimate of drug-likeness (QED) is 0.484. The van der Waals surface area contributed by atoms with Gasteiger partial charge in [-0.3, -0.25) is 0 Å². The molecule has 0 atom stereocenters. The summed E-state index contributed by atoms with van der Waals surface area (Å²) >= 11 is 0. The van der Waals surface area contributed by atoms with Crippen molar-refractivity contribution in [2.24, 2.45) is 0 Å². The molecule has 1 aliphatic rings. The molecule has 0 unspecified atom stereocenters. The van der Waals surface area contributed by atoms with Gasteiger partial charge < -0.3 is 4.74 Å². The Bertz CT molecular complexity index is 76.6. The Hall–Kier alpha value is -0.460. The molecule has 9 heavy (non-hydrogen) atoms. The van der Waals surface area contributed by atoms with Crippen LogP contribution >= 0.6 is 0 Å². The van der Waals surface area contributed by atoms with Crippen LogP contribution in [0.25, 0.3) is 0 Å². The van der Waals surface area contributed by atoms with Gasteiger partial charge in [-0.2, -0.15) is 0 Å². The van der Waals surface area contributed by atoms with E-state index in [9.17, 15) is 0 Å². The lowest BCUT2D eigenvalue weighted by Gasteiger charge is -1.96. The lowest BCUT2D eigenvalue weighted by molar-refractivity contribution is 0.242. The minimum Gasteiger partial charge on any atom is -0.502 e. The molecule has 0 spiro atoms.